The Morgan fingerprint density at radius 3 is 2.63 bits per heavy atom. The summed E-state index contributed by atoms with van der Waals surface area (Å²) in [6, 6.07) is 3.98. The number of aromatic nitrogens is 5. The van der Waals surface area contributed by atoms with Crippen LogP contribution in [-0.4, -0.2) is 36.9 Å². The van der Waals surface area contributed by atoms with Gasteiger partial charge in [-0.25, -0.2) is 9.67 Å². The van der Waals surface area contributed by atoms with Gasteiger partial charge in [0.25, 0.3) is 11.8 Å². The highest BCUT2D eigenvalue weighted by Gasteiger charge is 2.26. The predicted molar refractivity (Wildman–Crippen MR) is 98.6 cm³/mol. The average molecular weight is 366 g/mol. The van der Waals surface area contributed by atoms with Crippen LogP contribution in [0.2, 0.25) is 0 Å². The van der Waals surface area contributed by atoms with E-state index in [1.54, 1.807) is 17.1 Å². The molecule has 1 aliphatic carbocycles. The highest BCUT2D eigenvalue weighted by molar-refractivity contribution is 5.95. The molecule has 0 aromatic carbocycles. The van der Waals surface area contributed by atoms with Gasteiger partial charge < -0.3 is 9.84 Å². The van der Waals surface area contributed by atoms with Gasteiger partial charge in [0.1, 0.15) is 0 Å². The van der Waals surface area contributed by atoms with Crippen molar-refractivity contribution in [1.29, 1.82) is 0 Å². The van der Waals surface area contributed by atoms with E-state index in [-0.39, 0.29) is 11.3 Å². The number of hydrogen-bond acceptors (Lipinski definition) is 6. The Labute approximate surface area is 157 Å². The van der Waals surface area contributed by atoms with Crippen molar-refractivity contribution in [2.75, 3.05) is 0 Å². The maximum Gasteiger partial charge on any atom is 0.259 e. The van der Waals surface area contributed by atoms with Crippen molar-refractivity contribution in [2.45, 2.75) is 52.0 Å². The quantitative estimate of drug-likeness (QED) is 0.762. The van der Waals surface area contributed by atoms with Crippen LogP contribution in [0.1, 0.15) is 55.5 Å². The van der Waals surface area contributed by atoms with Gasteiger partial charge in [-0.05, 0) is 31.9 Å². The molecule has 3 aromatic rings. The first-order valence-electron chi connectivity index (χ1n) is 8.99. The van der Waals surface area contributed by atoms with Gasteiger partial charge >= 0.3 is 0 Å². The van der Waals surface area contributed by atoms with Gasteiger partial charge in [-0.3, -0.25) is 4.79 Å². The third-order valence-corrected chi connectivity index (χ3v) is 4.48. The summed E-state index contributed by atoms with van der Waals surface area (Å²) in [5, 5.41) is 11.3. The van der Waals surface area contributed by atoms with Crippen molar-refractivity contribution in [1.82, 2.24) is 30.2 Å². The highest BCUT2D eigenvalue weighted by atomic mass is 16.5. The SMILES string of the molecule is Cc1c(C(=O)NC2CC2)cnn1-c1ccc(-c2nc(C(C)(C)C)no2)cn1. The number of carbonyl (C=O) groups excluding carboxylic acids is 1. The van der Waals surface area contributed by atoms with E-state index in [1.165, 1.54) is 0 Å². The molecule has 0 spiro atoms. The van der Waals surface area contributed by atoms with Crippen LogP contribution in [0.15, 0.2) is 29.0 Å². The van der Waals surface area contributed by atoms with E-state index >= 15 is 0 Å². The summed E-state index contributed by atoms with van der Waals surface area (Å²) in [5.41, 5.74) is 1.87. The summed E-state index contributed by atoms with van der Waals surface area (Å²) in [6.07, 6.45) is 5.35. The molecule has 27 heavy (non-hydrogen) atoms. The van der Waals surface area contributed by atoms with Crippen LogP contribution in [0.5, 0.6) is 0 Å². The zero-order valence-corrected chi connectivity index (χ0v) is 15.9. The molecule has 0 saturated heterocycles. The molecule has 4 rings (SSSR count). The van der Waals surface area contributed by atoms with E-state index in [9.17, 15) is 4.79 Å². The van der Waals surface area contributed by atoms with Crippen LogP contribution in [0, 0.1) is 6.92 Å². The molecule has 1 amide bonds. The van der Waals surface area contributed by atoms with E-state index in [2.05, 4.69) is 25.5 Å². The fourth-order valence-electron chi connectivity index (χ4n) is 2.64. The molecule has 1 aliphatic rings. The maximum atomic E-state index is 12.3. The van der Waals surface area contributed by atoms with Crippen LogP contribution >= 0.6 is 0 Å². The van der Waals surface area contributed by atoms with Gasteiger partial charge in [-0.2, -0.15) is 10.1 Å². The first-order chi connectivity index (χ1) is 12.8. The van der Waals surface area contributed by atoms with Gasteiger partial charge in [0.2, 0.25) is 0 Å². The van der Waals surface area contributed by atoms with Crippen LogP contribution in [-0.2, 0) is 5.41 Å². The second-order valence-electron chi connectivity index (χ2n) is 7.88. The molecule has 1 fully saturated rings. The van der Waals surface area contributed by atoms with Crippen LogP contribution < -0.4 is 5.32 Å². The van der Waals surface area contributed by atoms with Gasteiger partial charge in [-0.15, -0.1) is 0 Å². The molecule has 3 aromatic heterocycles. The summed E-state index contributed by atoms with van der Waals surface area (Å²) < 4.78 is 7.00. The second kappa shape index (κ2) is 6.29. The highest BCUT2D eigenvalue weighted by Crippen LogP contribution is 2.24. The number of nitrogens with zero attached hydrogens (tertiary/aromatic N) is 5. The molecular weight excluding hydrogens is 344 g/mol. The Kier molecular flexibility index (Phi) is 4.05. The monoisotopic (exact) mass is 366 g/mol. The molecule has 140 valence electrons. The van der Waals surface area contributed by atoms with E-state index < -0.39 is 0 Å². The van der Waals surface area contributed by atoms with Crippen LogP contribution in [0.4, 0.5) is 0 Å². The Hall–Kier alpha value is -3.03. The lowest BCUT2D eigenvalue weighted by molar-refractivity contribution is 0.0950. The summed E-state index contributed by atoms with van der Waals surface area (Å²) in [4.78, 5) is 21.2. The van der Waals surface area contributed by atoms with Crippen molar-refractivity contribution < 1.29 is 9.32 Å². The Morgan fingerprint density at radius 1 is 1.26 bits per heavy atom. The lowest BCUT2D eigenvalue weighted by atomic mass is 9.96. The topological polar surface area (TPSA) is 98.7 Å². The fourth-order valence-corrected chi connectivity index (χ4v) is 2.64. The first-order valence-corrected chi connectivity index (χ1v) is 8.99. The molecule has 1 saturated carbocycles. The predicted octanol–water partition coefficient (Wildman–Crippen LogP) is 2.82. The molecule has 1 N–H and O–H groups in total. The van der Waals surface area contributed by atoms with E-state index in [0.29, 0.717) is 29.1 Å². The number of carbonyl (C=O) groups is 1. The van der Waals surface area contributed by atoms with E-state index in [0.717, 1.165) is 24.1 Å². The number of hydrogen-bond donors (Lipinski definition) is 1. The minimum absolute atomic E-state index is 0.0848. The second-order valence-corrected chi connectivity index (χ2v) is 7.88. The maximum absolute atomic E-state index is 12.3. The molecule has 0 radical (unpaired) electrons. The standard InChI is InChI=1S/C19H22N6O2/c1-11-14(16(26)22-13-6-7-13)10-21-25(11)15-8-5-12(9-20-15)17-23-18(24-27-17)19(2,3)4/h5,8-10,13H,6-7H2,1-4H3,(H,22,26). The van der Waals surface area contributed by atoms with Crippen molar-refractivity contribution in [3.63, 3.8) is 0 Å². The molecule has 0 unspecified atom stereocenters. The minimum Gasteiger partial charge on any atom is -0.349 e. The number of amides is 1. The number of nitrogens with one attached hydrogen (secondary N) is 1. The average Bonchev–Trinajstić information content (AvgIpc) is 3.14. The van der Waals surface area contributed by atoms with Gasteiger partial charge in [0.05, 0.1) is 23.0 Å². The third-order valence-electron chi connectivity index (χ3n) is 4.48. The Bertz CT molecular complexity index is 977. The van der Waals surface area contributed by atoms with Crippen LogP contribution in [0.25, 0.3) is 17.3 Å². The molecule has 8 nitrogen and oxygen atoms in total. The molecule has 3 heterocycles. The molecule has 8 heteroatoms. The molecule has 0 atom stereocenters. The van der Waals surface area contributed by atoms with Gasteiger partial charge in [-0.1, -0.05) is 25.9 Å². The van der Waals surface area contributed by atoms with Crippen molar-refractivity contribution >= 4 is 5.91 Å². The number of rotatable bonds is 4. The lowest BCUT2D eigenvalue weighted by Crippen LogP contribution is -2.25. The summed E-state index contributed by atoms with van der Waals surface area (Å²) in [6.45, 7) is 7.94. The van der Waals surface area contributed by atoms with Gasteiger partial charge in [0, 0.05) is 17.7 Å². The number of pyridine rings is 1. The van der Waals surface area contributed by atoms with E-state index in [4.69, 9.17) is 4.52 Å². The summed E-state index contributed by atoms with van der Waals surface area (Å²) in [7, 11) is 0. The zero-order valence-electron chi connectivity index (χ0n) is 15.9. The third kappa shape index (κ3) is 3.47. The minimum atomic E-state index is -0.182. The smallest absolute Gasteiger partial charge is 0.259 e. The first kappa shape index (κ1) is 17.4. The summed E-state index contributed by atoms with van der Waals surface area (Å²) in [5.74, 6) is 1.62. The molecule has 0 aliphatic heterocycles. The zero-order chi connectivity index (χ0) is 19.2. The Morgan fingerprint density at radius 2 is 2.04 bits per heavy atom. The Balaban J connectivity index is 1.56. The van der Waals surface area contributed by atoms with Crippen molar-refractivity contribution in [2.24, 2.45) is 0 Å². The van der Waals surface area contributed by atoms with E-state index in [1.807, 2.05) is 39.8 Å². The fraction of sp³-hybridized carbons (Fsp3) is 0.421. The van der Waals surface area contributed by atoms with Crippen molar-refractivity contribution in [3.05, 3.63) is 41.6 Å². The largest absolute Gasteiger partial charge is 0.349 e. The molecule has 0 bridgehead atoms. The summed E-state index contributed by atoms with van der Waals surface area (Å²) >= 11 is 0. The van der Waals surface area contributed by atoms with Crippen molar-refractivity contribution in [3.8, 4) is 17.3 Å². The van der Waals surface area contributed by atoms with Crippen LogP contribution in [0.3, 0.4) is 0 Å². The molecular formula is C19H22N6O2. The lowest BCUT2D eigenvalue weighted by Gasteiger charge is -2.10. The van der Waals surface area contributed by atoms with Gasteiger partial charge in [0.15, 0.2) is 11.6 Å². The normalized spacial score (nSPS) is 14.4.